The van der Waals surface area contributed by atoms with Crippen LogP contribution in [0.4, 0.5) is 0 Å². The maximum absolute atomic E-state index is 12.2. The van der Waals surface area contributed by atoms with Gasteiger partial charge in [-0.3, -0.25) is 9.69 Å². The lowest BCUT2D eigenvalue weighted by molar-refractivity contribution is -0.135. The Bertz CT molecular complexity index is 652. The van der Waals surface area contributed by atoms with Crippen molar-refractivity contribution in [1.29, 1.82) is 0 Å². The van der Waals surface area contributed by atoms with Crippen molar-refractivity contribution in [3.8, 4) is 10.7 Å². The summed E-state index contributed by atoms with van der Waals surface area (Å²) >= 11 is 1.58. The van der Waals surface area contributed by atoms with Gasteiger partial charge >= 0.3 is 0 Å². The first-order chi connectivity index (χ1) is 11.7. The third-order valence-corrected chi connectivity index (χ3v) is 4.78. The number of nitrogens with two attached hydrogens (primary N) is 1. The third kappa shape index (κ3) is 3.99. The van der Waals surface area contributed by atoms with Crippen LogP contribution in [0.5, 0.6) is 0 Å². The summed E-state index contributed by atoms with van der Waals surface area (Å²) in [6.07, 6.45) is 0. The Balaban J connectivity index is 1.50. The average molecular weight is 351 g/mol. The molecule has 1 fully saturated rings. The van der Waals surface area contributed by atoms with Crippen LogP contribution >= 0.6 is 11.3 Å². The zero-order valence-corrected chi connectivity index (χ0v) is 14.4. The number of hydrogen-bond donors (Lipinski definition) is 1. The van der Waals surface area contributed by atoms with E-state index in [9.17, 15) is 4.79 Å². The molecule has 0 aromatic carbocycles. The van der Waals surface area contributed by atoms with E-state index < -0.39 is 6.04 Å². The van der Waals surface area contributed by atoms with Crippen LogP contribution in [0.15, 0.2) is 22.0 Å². The van der Waals surface area contributed by atoms with Gasteiger partial charge < -0.3 is 19.9 Å². The number of methoxy groups -OCH3 is 1. The number of amides is 1. The van der Waals surface area contributed by atoms with Crippen LogP contribution in [0.3, 0.4) is 0 Å². The van der Waals surface area contributed by atoms with Crippen molar-refractivity contribution in [1.82, 2.24) is 19.9 Å². The number of rotatable bonds is 6. The number of ether oxygens (including phenoxy) is 1. The summed E-state index contributed by atoms with van der Waals surface area (Å²) in [6.45, 7) is 3.62. The molecule has 0 radical (unpaired) electrons. The first-order valence-electron chi connectivity index (χ1n) is 7.79. The zero-order valence-electron chi connectivity index (χ0n) is 13.6. The van der Waals surface area contributed by atoms with Crippen LogP contribution in [0.2, 0.25) is 0 Å². The minimum atomic E-state index is -0.592. The standard InChI is InChI=1S/C15H21N5O3S/c1-22-10-11(16)15(21)20-6-4-19(5-7-20)9-13-17-14(18-23-13)12-3-2-8-24-12/h2-3,8,11H,4-7,9-10,16H2,1H3. The lowest BCUT2D eigenvalue weighted by atomic mass is 10.2. The molecule has 1 unspecified atom stereocenters. The number of nitrogens with zero attached hydrogens (tertiary/aromatic N) is 4. The van der Waals surface area contributed by atoms with Crippen LogP contribution in [-0.4, -0.2) is 71.8 Å². The van der Waals surface area contributed by atoms with Crippen LogP contribution in [0, 0.1) is 0 Å². The van der Waals surface area contributed by atoms with Crippen molar-refractivity contribution < 1.29 is 14.1 Å². The molecule has 24 heavy (non-hydrogen) atoms. The molecule has 2 N–H and O–H groups in total. The second-order valence-electron chi connectivity index (χ2n) is 5.65. The van der Waals surface area contributed by atoms with Gasteiger partial charge in [-0.05, 0) is 11.4 Å². The molecule has 0 bridgehead atoms. The van der Waals surface area contributed by atoms with Gasteiger partial charge in [0.1, 0.15) is 6.04 Å². The van der Waals surface area contributed by atoms with Gasteiger partial charge in [-0.2, -0.15) is 4.98 Å². The SMILES string of the molecule is COCC(N)C(=O)N1CCN(Cc2nc(-c3cccs3)no2)CC1. The van der Waals surface area contributed by atoms with E-state index in [4.69, 9.17) is 15.0 Å². The van der Waals surface area contributed by atoms with E-state index in [-0.39, 0.29) is 12.5 Å². The Morgan fingerprint density at radius 1 is 1.46 bits per heavy atom. The molecule has 8 nitrogen and oxygen atoms in total. The van der Waals surface area contributed by atoms with Crippen molar-refractivity contribution in [3.05, 3.63) is 23.4 Å². The van der Waals surface area contributed by atoms with E-state index in [0.29, 0.717) is 31.3 Å². The number of piperazine rings is 1. The van der Waals surface area contributed by atoms with E-state index in [1.165, 1.54) is 0 Å². The molecule has 2 aromatic rings. The summed E-state index contributed by atoms with van der Waals surface area (Å²) in [5, 5.41) is 6.00. The van der Waals surface area contributed by atoms with Gasteiger partial charge in [-0.25, -0.2) is 0 Å². The van der Waals surface area contributed by atoms with Crippen molar-refractivity contribution in [2.24, 2.45) is 5.73 Å². The van der Waals surface area contributed by atoms with Gasteiger partial charge in [0.05, 0.1) is 18.0 Å². The fourth-order valence-electron chi connectivity index (χ4n) is 2.63. The molecule has 2 aromatic heterocycles. The van der Waals surface area contributed by atoms with E-state index in [2.05, 4.69) is 15.0 Å². The summed E-state index contributed by atoms with van der Waals surface area (Å²) in [4.78, 5) is 21.5. The molecule has 1 amide bonds. The van der Waals surface area contributed by atoms with E-state index in [1.807, 2.05) is 17.5 Å². The van der Waals surface area contributed by atoms with Gasteiger partial charge in [0.25, 0.3) is 0 Å². The Morgan fingerprint density at radius 2 is 2.25 bits per heavy atom. The molecule has 0 aliphatic carbocycles. The normalized spacial score (nSPS) is 17.2. The van der Waals surface area contributed by atoms with Crippen LogP contribution in [0.1, 0.15) is 5.89 Å². The van der Waals surface area contributed by atoms with Gasteiger partial charge in [-0.15, -0.1) is 11.3 Å². The number of thiophene rings is 1. The molecule has 0 spiro atoms. The quantitative estimate of drug-likeness (QED) is 0.805. The minimum absolute atomic E-state index is 0.0609. The number of aromatic nitrogens is 2. The number of carbonyl (C=O) groups excluding carboxylic acids is 1. The monoisotopic (exact) mass is 351 g/mol. The Hall–Kier alpha value is -1.81. The fourth-order valence-corrected chi connectivity index (χ4v) is 3.28. The molecular weight excluding hydrogens is 330 g/mol. The highest BCUT2D eigenvalue weighted by Gasteiger charge is 2.26. The molecule has 1 aliphatic rings. The first-order valence-corrected chi connectivity index (χ1v) is 8.67. The first kappa shape index (κ1) is 17.0. The van der Waals surface area contributed by atoms with Gasteiger partial charge in [0.15, 0.2) is 0 Å². The van der Waals surface area contributed by atoms with Crippen molar-refractivity contribution in [3.63, 3.8) is 0 Å². The Morgan fingerprint density at radius 3 is 2.92 bits per heavy atom. The summed E-state index contributed by atoms with van der Waals surface area (Å²) < 4.78 is 10.3. The molecule has 1 aliphatic heterocycles. The van der Waals surface area contributed by atoms with Crippen LogP contribution in [0.25, 0.3) is 10.7 Å². The van der Waals surface area contributed by atoms with E-state index in [1.54, 1.807) is 23.3 Å². The molecule has 0 saturated carbocycles. The summed E-state index contributed by atoms with van der Waals surface area (Å²) in [7, 11) is 1.54. The average Bonchev–Trinajstić information content (AvgIpc) is 3.26. The highest BCUT2D eigenvalue weighted by Crippen LogP contribution is 2.21. The maximum atomic E-state index is 12.2. The van der Waals surface area contributed by atoms with Gasteiger partial charge in [-0.1, -0.05) is 11.2 Å². The molecule has 1 atom stereocenters. The molecule has 3 heterocycles. The second-order valence-corrected chi connectivity index (χ2v) is 6.60. The molecule has 130 valence electrons. The predicted octanol–water partition coefficient (Wildman–Crippen LogP) is 0.416. The molecule has 1 saturated heterocycles. The zero-order chi connectivity index (χ0) is 16.9. The smallest absolute Gasteiger partial charge is 0.241 e. The summed E-state index contributed by atoms with van der Waals surface area (Å²) in [5.41, 5.74) is 5.80. The van der Waals surface area contributed by atoms with E-state index in [0.717, 1.165) is 18.0 Å². The third-order valence-electron chi connectivity index (χ3n) is 3.92. The highest BCUT2D eigenvalue weighted by atomic mass is 32.1. The molecule has 9 heteroatoms. The second kappa shape index (κ2) is 7.84. The summed E-state index contributed by atoms with van der Waals surface area (Å²) in [5.74, 6) is 1.16. The van der Waals surface area contributed by atoms with Crippen molar-refractivity contribution >= 4 is 17.2 Å². The Kier molecular flexibility index (Phi) is 5.56. The lowest BCUT2D eigenvalue weighted by Gasteiger charge is -2.35. The Labute approximate surface area is 144 Å². The highest BCUT2D eigenvalue weighted by molar-refractivity contribution is 7.13. The van der Waals surface area contributed by atoms with Crippen molar-refractivity contribution in [2.75, 3.05) is 39.9 Å². The van der Waals surface area contributed by atoms with Gasteiger partial charge in [0, 0.05) is 33.3 Å². The van der Waals surface area contributed by atoms with Crippen molar-refractivity contribution in [2.45, 2.75) is 12.6 Å². The van der Waals surface area contributed by atoms with E-state index >= 15 is 0 Å². The largest absolute Gasteiger partial charge is 0.383 e. The molecule has 3 rings (SSSR count). The number of hydrogen-bond acceptors (Lipinski definition) is 8. The predicted molar refractivity (Wildman–Crippen MR) is 89.3 cm³/mol. The maximum Gasteiger partial charge on any atom is 0.241 e. The van der Waals surface area contributed by atoms with Crippen LogP contribution < -0.4 is 5.73 Å². The summed E-state index contributed by atoms with van der Waals surface area (Å²) in [6, 6.07) is 3.33. The fraction of sp³-hybridized carbons (Fsp3) is 0.533. The minimum Gasteiger partial charge on any atom is -0.383 e. The van der Waals surface area contributed by atoms with Crippen LogP contribution in [-0.2, 0) is 16.1 Å². The molecular formula is C15H21N5O3S. The van der Waals surface area contributed by atoms with Gasteiger partial charge in [0.2, 0.25) is 17.6 Å². The number of carbonyl (C=O) groups is 1. The topological polar surface area (TPSA) is 97.7 Å². The lowest BCUT2D eigenvalue weighted by Crippen LogP contribution is -2.53.